The summed E-state index contributed by atoms with van der Waals surface area (Å²) in [5.41, 5.74) is -0.588. The third-order valence-electron chi connectivity index (χ3n) is 2.94. The van der Waals surface area contributed by atoms with Gasteiger partial charge in [0.25, 0.3) is 5.56 Å². The summed E-state index contributed by atoms with van der Waals surface area (Å²) in [5.74, 6) is -0.520. The Bertz CT molecular complexity index is 489. The Kier molecular flexibility index (Phi) is 3.23. The highest BCUT2D eigenvalue weighted by Crippen LogP contribution is 2.23. The van der Waals surface area contributed by atoms with Gasteiger partial charge >= 0.3 is 5.97 Å². The van der Waals surface area contributed by atoms with Crippen molar-refractivity contribution in [1.29, 1.82) is 0 Å². The van der Waals surface area contributed by atoms with Crippen LogP contribution in [0.3, 0.4) is 0 Å². The molecule has 0 radical (unpaired) electrons. The number of carbonyl (C=O) groups is 1. The third-order valence-corrected chi connectivity index (χ3v) is 2.94. The molecule has 2 N–H and O–H groups in total. The first-order valence-electron chi connectivity index (χ1n) is 5.51. The Morgan fingerprint density at radius 2 is 2.12 bits per heavy atom. The van der Waals surface area contributed by atoms with Crippen LogP contribution in [0.5, 0.6) is 0 Å². The number of aromatic nitrogens is 2. The predicted molar refractivity (Wildman–Crippen MR) is 59.3 cm³/mol. The lowest BCUT2D eigenvalue weighted by Crippen LogP contribution is -2.26. The zero-order valence-electron chi connectivity index (χ0n) is 9.52. The van der Waals surface area contributed by atoms with Gasteiger partial charge in [-0.05, 0) is 19.8 Å². The van der Waals surface area contributed by atoms with Crippen LogP contribution in [-0.4, -0.2) is 34.3 Å². The number of hydrogen-bond donors (Lipinski definition) is 2. The molecule has 0 amide bonds. The average molecular weight is 238 g/mol. The number of hydrogen-bond acceptors (Lipinski definition) is 4. The van der Waals surface area contributed by atoms with Crippen molar-refractivity contribution in [1.82, 2.24) is 9.97 Å². The van der Waals surface area contributed by atoms with Crippen LogP contribution in [0.2, 0.25) is 0 Å². The molecular weight excluding hydrogens is 224 g/mol. The minimum absolute atomic E-state index is 0.151. The number of ether oxygens (including phenoxy) is 1. The van der Waals surface area contributed by atoms with Crippen LogP contribution in [0.15, 0.2) is 4.79 Å². The summed E-state index contributed by atoms with van der Waals surface area (Å²) in [6.45, 7) is 2.84. The van der Waals surface area contributed by atoms with Gasteiger partial charge in [0.05, 0.1) is 5.69 Å². The van der Waals surface area contributed by atoms with Gasteiger partial charge in [-0.3, -0.25) is 4.79 Å². The number of aryl methyl sites for hydroxylation is 1. The maximum atomic E-state index is 11.6. The van der Waals surface area contributed by atoms with Crippen molar-refractivity contribution >= 4 is 5.97 Å². The SMILES string of the molecule is Cc1nc(C2CCOCC2)[nH]c(=O)c1C(=O)O. The van der Waals surface area contributed by atoms with Crippen molar-refractivity contribution in [3.05, 3.63) is 27.4 Å². The van der Waals surface area contributed by atoms with Gasteiger partial charge in [-0.25, -0.2) is 9.78 Å². The minimum Gasteiger partial charge on any atom is -0.477 e. The summed E-state index contributed by atoms with van der Waals surface area (Å²) < 4.78 is 5.23. The first-order chi connectivity index (χ1) is 8.09. The molecule has 0 unspecified atom stereocenters. The summed E-state index contributed by atoms with van der Waals surface area (Å²) in [6.07, 6.45) is 1.60. The monoisotopic (exact) mass is 238 g/mol. The molecule has 6 heteroatoms. The van der Waals surface area contributed by atoms with Gasteiger partial charge in [0.15, 0.2) is 0 Å². The van der Waals surface area contributed by atoms with E-state index in [1.54, 1.807) is 6.92 Å². The first-order valence-corrected chi connectivity index (χ1v) is 5.51. The first kappa shape index (κ1) is 11.8. The van der Waals surface area contributed by atoms with Crippen LogP contribution in [-0.2, 0) is 4.74 Å². The number of H-pyrrole nitrogens is 1. The molecule has 1 aromatic heterocycles. The van der Waals surface area contributed by atoms with E-state index in [0.717, 1.165) is 12.8 Å². The summed E-state index contributed by atoms with van der Waals surface area (Å²) in [4.78, 5) is 29.2. The van der Waals surface area contributed by atoms with Crippen LogP contribution in [0.25, 0.3) is 0 Å². The van der Waals surface area contributed by atoms with Gasteiger partial charge in [0.1, 0.15) is 11.4 Å². The number of nitrogens with one attached hydrogen (secondary N) is 1. The Labute approximate surface area is 97.7 Å². The number of carboxylic acid groups (broad SMARTS) is 1. The fourth-order valence-corrected chi connectivity index (χ4v) is 2.02. The largest absolute Gasteiger partial charge is 0.477 e. The second-order valence-electron chi connectivity index (χ2n) is 4.10. The minimum atomic E-state index is -1.24. The number of aromatic carboxylic acids is 1. The molecule has 1 aliphatic rings. The standard InChI is InChI=1S/C11H14N2O4/c1-6-8(11(15)16)10(14)13-9(12-6)7-2-4-17-5-3-7/h7H,2-5H2,1H3,(H,15,16)(H,12,13,14). The molecule has 0 atom stereocenters. The molecule has 1 aliphatic heterocycles. The molecule has 17 heavy (non-hydrogen) atoms. The Morgan fingerprint density at radius 3 is 2.65 bits per heavy atom. The second kappa shape index (κ2) is 4.67. The van der Waals surface area contributed by atoms with E-state index in [4.69, 9.17) is 9.84 Å². The summed E-state index contributed by atoms with van der Waals surface area (Å²) in [6, 6.07) is 0. The van der Waals surface area contributed by atoms with Crippen molar-refractivity contribution in [3.63, 3.8) is 0 Å². The van der Waals surface area contributed by atoms with E-state index in [0.29, 0.717) is 19.0 Å². The summed E-state index contributed by atoms with van der Waals surface area (Å²) in [5, 5.41) is 8.87. The molecule has 0 aromatic carbocycles. The van der Waals surface area contributed by atoms with Crippen molar-refractivity contribution < 1.29 is 14.6 Å². The molecule has 0 aliphatic carbocycles. The van der Waals surface area contributed by atoms with E-state index in [1.807, 2.05) is 0 Å². The van der Waals surface area contributed by atoms with Gasteiger partial charge in [-0.1, -0.05) is 0 Å². The van der Waals surface area contributed by atoms with E-state index in [2.05, 4.69) is 9.97 Å². The normalized spacial score (nSPS) is 17.0. The molecular formula is C11H14N2O4. The highest BCUT2D eigenvalue weighted by Gasteiger charge is 2.21. The number of rotatable bonds is 2. The smallest absolute Gasteiger partial charge is 0.343 e. The molecule has 0 saturated carbocycles. The summed E-state index contributed by atoms with van der Waals surface area (Å²) >= 11 is 0. The van der Waals surface area contributed by atoms with Gasteiger partial charge in [0.2, 0.25) is 0 Å². The van der Waals surface area contributed by atoms with Gasteiger partial charge in [0, 0.05) is 19.1 Å². The fraction of sp³-hybridized carbons (Fsp3) is 0.545. The van der Waals surface area contributed by atoms with E-state index in [9.17, 15) is 9.59 Å². The highest BCUT2D eigenvalue weighted by molar-refractivity contribution is 5.88. The van der Waals surface area contributed by atoms with E-state index < -0.39 is 11.5 Å². The van der Waals surface area contributed by atoms with Crippen molar-refractivity contribution in [3.8, 4) is 0 Å². The van der Waals surface area contributed by atoms with Crippen LogP contribution >= 0.6 is 0 Å². The Balaban J connectivity index is 2.37. The zero-order chi connectivity index (χ0) is 12.4. The Hall–Kier alpha value is -1.69. The van der Waals surface area contributed by atoms with E-state index in [1.165, 1.54) is 0 Å². The van der Waals surface area contributed by atoms with Crippen LogP contribution in [0.1, 0.15) is 40.6 Å². The molecule has 1 aromatic rings. The molecule has 0 spiro atoms. The van der Waals surface area contributed by atoms with Crippen molar-refractivity contribution in [2.45, 2.75) is 25.7 Å². The lowest BCUT2D eigenvalue weighted by molar-refractivity contribution is 0.0692. The predicted octanol–water partition coefficient (Wildman–Crippen LogP) is 0.671. The van der Waals surface area contributed by atoms with Crippen LogP contribution in [0, 0.1) is 6.92 Å². The second-order valence-corrected chi connectivity index (χ2v) is 4.10. The molecule has 1 fully saturated rings. The van der Waals surface area contributed by atoms with Gasteiger partial charge < -0.3 is 14.8 Å². The molecule has 92 valence electrons. The topological polar surface area (TPSA) is 92.3 Å². The van der Waals surface area contributed by atoms with Gasteiger partial charge in [-0.2, -0.15) is 0 Å². The number of aromatic amines is 1. The number of carboxylic acids is 1. The highest BCUT2D eigenvalue weighted by atomic mass is 16.5. The average Bonchev–Trinajstić information content (AvgIpc) is 2.28. The lowest BCUT2D eigenvalue weighted by Gasteiger charge is -2.21. The lowest BCUT2D eigenvalue weighted by atomic mass is 9.99. The molecule has 2 rings (SSSR count). The van der Waals surface area contributed by atoms with E-state index in [-0.39, 0.29) is 17.2 Å². The fourth-order valence-electron chi connectivity index (χ4n) is 2.02. The van der Waals surface area contributed by atoms with Crippen LogP contribution in [0.4, 0.5) is 0 Å². The maximum Gasteiger partial charge on any atom is 0.343 e. The van der Waals surface area contributed by atoms with Crippen LogP contribution < -0.4 is 5.56 Å². The number of nitrogens with zero attached hydrogens (tertiary/aromatic N) is 1. The van der Waals surface area contributed by atoms with Gasteiger partial charge in [-0.15, -0.1) is 0 Å². The van der Waals surface area contributed by atoms with E-state index >= 15 is 0 Å². The summed E-state index contributed by atoms with van der Waals surface area (Å²) in [7, 11) is 0. The zero-order valence-corrected chi connectivity index (χ0v) is 9.52. The molecule has 6 nitrogen and oxygen atoms in total. The van der Waals surface area contributed by atoms with Crippen molar-refractivity contribution in [2.24, 2.45) is 0 Å². The molecule has 2 heterocycles. The maximum absolute atomic E-state index is 11.6. The molecule has 0 bridgehead atoms. The quantitative estimate of drug-likeness (QED) is 0.790. The third kappa shape index (κ3) is 2.36. The molecule has 1 saturated heterocycles. The Morgan fingerprint density at radius 1 is 1.47 bits per heavy atom. The van der Waals surface area contributed by atoms with Crippen molar-refractivity contribution in [2.75, 3.05) is 13.2 Å².